The molecule has 2 heteroatoms. The van der Waals surface area contributed by atoms with Gasteiger partial charge in [-0.25, -0.2) is 0 Å². The summed E-state index contributed by atoms with van der Waals surface area (Å²) in [5.41, 5.74) is 2.48. The molecule has 0 bridgehead atoms. The zero-order chi connectivity index (χ0) is 9.76. The minimum absolute atomic E-state index is 0.264. The lowest BCUT2D eigenvalue weighted by Gasteiger charge is -2.24. The molecule has 2 aliphatic rings. The SMILES string of the molecule is O=C1CCC2(CC2)c2ccc(Cl)cc21. The first-order valence-electron chi connectivity index (χ1n) is 5.05. The first-order valence-corrected chi connectivity index (χ1v) is 5.42. The molecule has 2 aliphatic carbocycles. The van der Waals surface area contributed by atoms with E-state index < -0.39 is 0 Å². The third kappa shape index (κ3) is 1.05. The van der Waals surface area contributed by atoms with Crippen molar-refractivity contribution in [1.29, 1.82) is 0 Å². The van der Waals surface area contributed by atoms with Crippen molar-refractivity contribution < 1.29 is 4.79 Å². The van der Waals surface area contributed by atoms with Gasteiger partial charge in [0.25, 0.3) is 0 Å². The molecule has 14 heavy (non-hydrogen) atoms. The Labute approximate surface area is 88.1 Å². The van der Waals surface area contributed by atoms with Crippen LogP contribution in [0.15, 0.2) is 18.2 Å². The minimum Gasteiger partial charge on any atom is -0.294 e. The lowest BCUT2D eigenvalue weighted by atomic mass is 9.79. The summed E-state index contributed by atoms with van der Waals surface area (Å²) in [6.45, 7) is 0. The van der Waals surface area contributed by atoms with Crippen LogP contribution >= 0.6 is 11.6 Å². The summed E-state index contributed by atoms with van der Waals surface area (Å²) in [7, 11) is 0. The summed E-state index contributed by atoms with van der Waals surface area (Å²) >= 11 is 5.90. The maximum atomic E-state index is 11.7. The lowest BCUT2D eigenvalue weighted by molar-refractivity contribution is 0.0964. The molecule has 1 fully saturated rings. The Morgan fingerprint density at radius 3 is 2.71 bits per heavy atom. The predicted octanol–water partition coefficient (Wildman–Crippen LogP) is 3.35. The molecule has 1 nitrogen and oxygen atoms in total. The van der Waals surface area contributed by atoms with E-state index in [-0.39, 0.29) is 5.78 Å². The number of Topliss-reactive ketones (excluding diaryl/α,β-unsaturated/α-hetero) is 1. The summed E-state index contributed by atoms with van der Waals surface area (Å²) in [6, 6.07) is 5.78. The molecule has 1 saturated carbocycles. The number of hydrogen-bond donors (Lipinski definition) is 0. The Bertz CT molecular complexity index is 418. The summed E-state index contributed by atoms with van der Waals surface area (Å²) < 4.78 is 0. The molecule has 0 amide bonds. The van der Waals surface area contributed by atoms with Gasteiger partial charge in [-0.1, -0.05) is 17.7 Å². The molecule has 0 unspecified atom stereocenters. The van der Waals surface area contributed by atoms with E-state index in [0.717, 1.165) is 12.0 Å². The highest BCUT2D eigenvalue weighted by Gasteiger charge is 2.48. The summed E-state index contributed by atoms with van der Waals surface area (Å²) in [6.07, 6.45) is 4.23. The van der Waals surface area contributed by atoms with Crippen LogP contribution in [0.2, 0.25) is 5.02 Å². The van der Waals surface area contributed by atoms with Crippen molar-refractivity contribution in [3.05, 3.63) is 34.3 Å². The van der Waals surface area contributed by atoms with Gasteiger partial charge in [0, 0.05) is 17.0 Å². The van der Waals surface area contributed by atoms with Crippen LogP contribution in [0.3, 0.4) is 0 Å². The molecular formula is C12H11ClO. The molecule has 0 radical (unpaired) electrons. The monoisotopic (exact) mass is 206 g/mol. The first-order chi connectivity index (χ1) is 6.71. The smallest absolute Gasteiger partial charge is 0.163 e. The Morgan fingerprint density at radius 2 is 2.00 bits per heavy atom. The van der Waals surface area contributed by atoms with Gasteiger partial charge in [0.15, 0.2) is 5.78 Å². The molecule has 0 heterocycles. The van der Waals surface area contributed by atoms with Crippen LogP contribution in [-0.4, -0.2) is 5.78 Å². The average molecular weight is 207 g/mol. The summed E-state index contributed by atoms with van der Waals surface area (Å²) in [5.74, 6) is 0.264. The fourth-order valence-corrected chi connectivity index (χ4v) is 2.67. The fraction of sp³-hybridized carbons (Fsp3) is 0.417. The molecule has 1 aromatic rings. The molecule has 0 saturated heterocycles. The number of rotatable bonds is 0. The second-order valence-corrected chi connectivity index (χ2v) is 4.83. The fourth-order valence-electron chi connectivity index (χ4n) is 2.50. The second kappa shape index (κ2) is 2.60. The maximum Gasteiger partial charge on any atom is 0.163 e. The Morgan fingerprint density at radius 1 is 1.21 bits per heavy atom. The van der Waals surface area contributed by atoms with Crippen LogP contribution in [0.5, 0.6) is 0 Å². The van der Waals surface area contributed by atoms with Gasteiger partial charge in [-0.3, -0.25) is 4.79 Å². The first kappa shape index (κ1) is 8.49. The van der Waals surface area contributed by atoms with E-state index in [4.69, 9.17) is 11.6 Å². The molecule has 0 atom stereocenters. The van der Waals surface area contributed by atoms with E-state index in [2.05, 4.69) is 0 Å². The van der Waals surface area contributed by atoms with Crippen molar-refractivity contribution in [2.24, 2.45) is 0 Å². The molecule has 1 spiro atoms. The van der Waals surface area contributed by atoms with Crippen molar-refractivity contribution in [2.75, 3.05) is 0 Å². The largest absolute Gasteiger partial charge is 0.294 e. The number of benzene rings is 1. The van der Waals surface area contributed by atoms with E-state index in [1.807, 2.05) is 18.2 Å². The highest BCUT2D eigenvalue weighted by Crippen LogP contribution is 2.55. The number of halogens is 1. The van der Waals surface area contributed by atoms with Gasteiger partial charge in [-0.05, 0) is 42.4 Å². The van der Waals surface area contributed by atoms with Gasteiger partial charge in [0.05, 0.1) is 0 Å². The van der Waals surface area contributed by atoms with Crippen molar-refractivity contribution in [2.45, 2.75) is 31.1 Å². The predicted molar refractivity (Wildman–Crippen MR) is 55.9 cm³/mol. The molecular weight excluding hydrogens is 196 g/mol. The van der Waals surface area contributed by atoms with Gasteiger partial charge in [0.2, 0.25) is 0 Å². The van der Waals surface area contributed by atoms with E-state index in [9.17, 15) is 4.79 Å². The van der Waals surface area contributed by atoms with Crippen LogP contribution in [0.1, 0.15) is 41.6 Å². The van der Waals surface area contributed by atoms with Crippen LogP contribution in [0, 0.1) is 0 Å². The van der Waals surface area contributed by atoms with Crippen molar-refractivity contribution in [1.82, 2.24) is 0 Å². The number of ketones is 1. The van der Waals surface area contributed by atoms with Crippen molar-refractivity contribution in [3.63, 3.8) is 0 Å². The van der Waals surface area contributed by atoms with E-state index >= 15 is 0 Å². The zero-order valence-electron chi connectivity index (χ0n) is 7.85. The molecule has 0 aromatic heterocycles. The molecule has 0 N–H and O–H groups in total. The number of carbonyl (C=O) groups excluding carboxylic acids is 1. The van der Waals surface area contributed by atoms with E-state index in [0.29, 0.717) is 16.9 Å². The quantitative estimate of drug-likeness (QED) is 0.636. The van der Waals surface area contributed by atoms with Crippen LogP contribution in [-0.2, 0) is 5.41 Å². The molecule has 0 aliphatic heterocycles. The van der Waals surface area contributed by atoms with E-state index in [1.54, 1.807) is 0 Å². The van der Waals surface area contributed by atoms with Gasteiger partial charge < -0.3 is 0 Å². The minimum atomic E-state index is 0.264. The number of hydrogen-bond acceptors (Lipinski definition) is 1. The van der Waals surface area contributed by atoms with Crippen molar-refractivity contribution in [3.8, 4) is 0 Å². The van der Waals surface area contributed by atoms with Crippen LogP contribution < -0.4 is 0 Å². The lowest BCUT2D eigenvalue weighted by Crippen LogP contribution is -2.20. The normalized spacial score (nSPS) is 22.2. The standard InChI is InChI=1S/C12H11ClO/c13-8-1-2-10-9(7-8)11(14)3-4-12(10)5-6-12/h1-2,7H,3-6H2. The van der Waals surface area contributed by atoms with Crippen LogP contribution in [0.4, 0.5) is 0 Å². The Kier molecular flexibility index (Phi) is 1.58. The number of carbonyl (C=O) groups is 1. The highest BCUT2D eigenvalue weighted by molar-refractivity contribution is 6.31. The van der Waals surface area contributed by atoms with Gasteiger partial charge in [-0.2, -0.15) is 0 Å². The maximum absolute atomic E-state index is 11.7. The zero-order valence-corrected chi connectivity index (χ0v) is 8.60. The Hall–Kier alpha value is -0.820. The van der Waals surface area contributed by atoms with Gasteiger partial charge in [-0.15, -0.1) is 0 Å². The third-order valence-corrected chi connectivity index (χ3v) is 3.77. The third-order valence-electron chi connectivity index (χ3n) is 3.54. The highest BCUT2D eigenvalue weighted by atomic mass is 35.5. The molecule has 3 rings (SSSR count). The van der Waals surface area contributed by atoms with Gasteiger partial charge in [0.1, 0.15) is 0 Å². The van der Waals surface area contributed by atoms with Crippen LogP contribution in [0.25, 0.3) is 0 Å². The van der Waals surface area contributed by atoms with E-state index in [1.165, 1.54) is 18.4 Å². The number of fused-ring (bicyclic) bond motifs is 2. The van der Waals surface area contributed by atoms with Gasteiger partial charge >= 0.3 is 0 Å². The molecule has 1 aromatic carbocycles. The second-order valence-electron chi connectivity index (χ2n) is 4.39. The van der Waals surface area contributed by atoms with Crippen molar-refractivity contribution >= 4 is 17.4 Å². The average Bonchev–Trinajstić information content (AvgIpc) is 2.93. The summed E-state index contributed by atoms with van der Waals surface area (Å²) in [4.78, 5) is 11.7. The summed E-state index contributed by atoms with van der Waals surface area (Å²) in [5, 5.41) is 0.676. The Balaban J connectivity index is 2.21. The molecule has 72 valence electrons. The topological polar surface area (TPSA) is 17.1 Å².